The molecule has 6 nitrogen and oxygen atoms in total. The Morgan fingerprint density at radius 2 is 2.10 bits per heavy atom. The highest BCUT2D eigenvalue weighted by atomic mass is 16.5. The fraction of sp³-hybridized carbons (Fsp3) is 0.292. The van der Waals surface area contributed by atoms with Gasteiger partial charge in [-0.15, -0.1) is 0 Å². The molecule has 3 aromatic rings. The van der Waals surface area contributed by atoms with Crippen molar-refractivity contribution in [3.63, 3.8) is 0 Å². The van der Waals surface area contributed by atoms with Crippen molar-refractivity contribution < 1.29 is 9.47 Å². The van der Waals surface area contributed by atoms with Crippen molar-refractivity contribution in [3.8, 4) is 34.3 Å². The standard InChI is InChI=1S/C24H21N3O3/c25-14-16-3-1-4-17(11-16)18-6-7-21-19(12-18)8-9-27-22(21)13-23(26-24(27)28)30-15-20-5-2-10-29-20/h1,3-4,6-7,11-13,20H,2,5,8-10,15H2. The highest BCUT2D eigenvalue weighted by molar-refractivity contribution is 5.74. The molecule has 0 N–H and O–H groups in total. The number of hydrogen-bond acceptors (Lipinski definition) is 5. The minimum absolute atomic E-state index is 0.0737. The number of nitrogens with zero attached hydrogens (tertiary/aromatic N) is 3. The Balaban J connectivity index is 1.48. The van der Waals surface area contributed by atoms with E-state index in [9.17, 15) is 4.79 Å². The van der Waals surface area contributed by atoms with Crippen molar-refractivity contribution in [2.75, 3.05) is 13.2 Å². The van der Waals surface area contributed by atoms with Gasteiger partial charge in [-0.2, -0.15) is 10.2 Å². The van der Waals surface area contributed by atoms with Gasteiger partial charge < -0.3 is 9.47 Å². The van der Waals surface area contributed by atoms with Gasteiger partial charge in [0, 0.05) is 24.8 Å². The van der Waals surface area contributed by atoms with E-state index in [2.05, 4.69) is 17.1 Å². The molecule has 30 heavy (non-hydrogen) atoms. The second-order valence-corrected chi connectivity index (χ2v) is 7.67. The van der Waals surface area contributed by atoms with Crippen molar-refractivity contribution >= 4 is 0 Å². The summed E-state index contributed by atoms with van der Waals surface area (Å²) in [6, 6.07) is 17.9. The third kappa shape index (κ3) is 3.49. The Kier molecular flexibility index (Phi) is 4.82. The second kappa shape index (κ2) is 7.77. The lowest BCUT2D eigenvalue weighted by Crippen LogP contribution is -2.29. The van der Waals surface area contributed by atoms with Crippen LogP contribution < -0.4 is 10.4 Å². The molecule has 2 aromatic carbocycles. The van der Waals surface area contributed by atoms with Crippen LogP contribution in [0.3, 0.4) is 0 Å². The molecule has 0 radical (unpaired) electrons. The van der Waals surface area contributed by atoms with Crippen molar-refractivity contribution in [2.24, 2.45) is 0 Å². The van der Waals surface area contributed by atoms with Gasteiger partial charge in [-0.25, -0.2) is 4.79 Å². The summed E-state index contributed by atoms with van der Waals surface area (Å²) in [6.45, 7) is 1.76. The van der Waals surface area contributed by atoms with E-state index in [1.807, 2.05) is 36.4 Å². The third-order valence-electron chi connectivity index (χ3n) is 5.74. The van der Waals surface area contributed by atoms with E-state index in [1.165, 1.54) is 5.56 Å². The number of aryl methyl sites for hydroxylation is 1. The van der Waals surface area contributed by atoms with Crippen molar-refractivity contribution in [1.29, 1.82) is 5.26 Å². The molecular weight excluding hydrogens is 378 g/mol. The maximum absolute atomic E-state index is 12.6. The van der Waals surface area contributed by atoms with E-state index < -0.39 is 0 Å². The van der Waals surface area contributed by atoms with Crippen LogP contribution in [0.1, 0.15) is 24.0 Å². The molecule has 0 bridgehead atoms. The Bertz CT molecular complexity index is 1200. The summed E-state index contributed by atoms with van der Waals surface area (Å²) in [7, 11) is 0. The Morgan fingerprint density at radius 1 is 1.20 bits per heavy atom. The Morgan fingerprint density at radius 3 is 2.93 bits per heavy atom. The first-order chi connectivity index (χ1) is 14.7. The zero-order chi connectivity index (χ0) is 20.5. The topological polar surface area (TPSA) is 77.1 Å². The number of benzene rings is 2. The largest absolute Gasteiger partial charge is 0.475 e. The lowest BCUT2D eigenvalue weighted by Gasteiger charge is -2.22. The van der Waals surface area contributed by atoms with Gasteiger partial charge in [0.2, 0.25) is 5.88 Å². The fourth-order valence-electron chi connectivity index (χ4n) is 4.18. The smallest absolute Gasteiger partial charge is 0.351 e. The molecule has 1 aromatic heterocycles. The van der Waals surface area contributed by atoms with Crippen LogP contribution in [0.4, 0.5) is 0 Å². The molecule has 0 spiro atoms. The van der Waals surface area contributed by atoms with Gasteiger partial charge in [-0.1, -0.05) is 30.3 Å². The predicted octanol–water partition coefficient (Wildman–Crippen LogP) is 3.56. The number of rotatable bonds is 4. The molecule has 3 heterocycles. The van der Waals surface area contributed by atoms with Crippen LogP contribution in [-0.2, 0) is 17.7 Å². The zero-order valence-electron chi connectivity index (χ0n) is 16.5. The van der Waals surface area contributed by atoms with E-state index in [1.54, 1.807) is 10.6 Å². The van der Waals surface area contributed by atoms with Gasteiger partial charge in [-0.05, 0) is 48.1 Å². The van der Waals surface area contributed by atoms with E-state index >= 15 is 0 Å². The lowest BCUT2D eigenvalue weighted by atomic mass is 9.93. The molecule has 2 aliphatic rings. The molecule has 0 aliphatic carbocycles. The molecule has 1 fully saturated rings. The van der Waals surface area contributed by atoms with Gasteiger partial charge in [0.05, 0.1) is 23.4 Å². The van der Waals surface area contributed by atoms with Crippen LogP contribution in [-0.4, -0.2) is 28.9 Å². The van der Waals surface area contributed by atoms with Crippen LogP contribution in [0.25, 0.3) is 22.4 Å². The molecular formula is C24H21N3O3. The first kappa shape index (κ1) is 18.6. The average molecular weight is 399 g/mol. The third-order valence-corrected chi connectivity index (χ3v) is 5.74. The quantitative estimate of drug-likeness (QED) is 0.670. The molecule has 150 valence electrons. The highest BCUT2D eigenvalue weighted by Gasteiger charge is 2.21. The monoisotopic (exact) mass is 399 g/mol. The number of ether oxygens (including phenoxy) is 2. The van der Waals surface area contributed by atoms with Gasteiger partial charge in [-0.3, -0.25) is 4.57 Å². The fourth-order valence-corrected chi connectivity index (χ4v) is 4.18. The summed E-state index contributed by atoms with van der Waals surface area (Å²) in [5, 5.41) is 9.17. The summed E-state index contributed by atoms with van der Waals surface area (Å²) >= 11 is 0. The molecule has 5 rings (SSSR count). The lowest BCUT2D eigenvalue weighted by molar-refractivity contribution is 0.0661. The van der Waals surface area contributed by atoms with Crippen LogP contribution in [0.15, 0.2) is 53.3 Å². The first-order valence-electron chi connectivity index (χ1n) is 10.2. The van der Waals surface area contributed by atoms with E-state index in [-0.39, 0.29) is 11.8 Å². The Hall–Kier alpha value is -3.43. The van der Waals surface area contributed by atoms with Crippen LogP contribution >= 0.6 is 0 Å². The summed E-state index contributed by atoms with van der Waals surface area (Å²) in [4.78, 5) is 16.7. The van der Waals surface area contributed by atoms with E-state index in [4.69, 9.17) is 14.7 Å². The van der Waals surface area contributed by atoms with E-state index in [0.717, 1.165) is 48.3 Å². The number of aromatic nitrogens is 2. The van der Waals surface area contributed by atoms with Crippen molar-refractivity contribution in [1.82, 2.24) is 9.55 Å². The summed E-state index contributed by atoms with van der Waals surface area (Å²) in [5.41, 5.74) is 5.44. The summed E-state index contributed by atoms with van der Waals surface area (Å²) in [5.74, 6) is 0.348. The van der Waals surface area contributed by atoms with Gasteiger partial charge in [0.15, 0.2) is 0 Å². The maximum Gasteiger partial charge on any atom is 0.351 e. The normalized spacial score (nSPS) is 17.1. The predicted molar refractivity (Wildman–Crippen MR) is 112 cm³/mol. The van der Waals surface area contributed by atoms with Gasteiger partial charge in [0.25, 0.3) is 0 Å². The molecule has 2 aliphatic heterocycles. The molecule has 1 saturated heterocycles. The summed E-state index contributed by atoms with van der Waals surface area (Å²) < 4.78 is 13.1. The average Bonchev–Trinajstić information content (AvgIpc) is 3.31. The van der Waals surface area contributed by atoms with Gasteiger partial charge in [0.1, 0.15) is 6.61 Å². The van der Waals surface area contributed by atoms with E-state index in [0.29, 0.717) is 24.6 Å². The summed E-state index contributed by atoms with van der Waals surface area (Å²) in [6.07, 6.45) is 2.85. The minimum atomic E-state index is -0.286. The molecule has 0 amide bonds. The van der Waals surface area contributed by atoms with Crippen molar-refractivity contribution in [2.45, 2.75) is 31.9 Å². The SMILES string of the molecule is N#Cc1cccc(-c2ccc3c(c2)CCn2c-3cc(OCC3CCCO3)nc2=O)c1. The molecule has 6 heteroatoms. The second-order valence-electron chi connectivity index (χ2n) is 7.67. The maximum atomic E-state index is 12.6. The number of hydrogen-bond donors (Lipinski definition) is 0. The first-order valence-corrected chi connectivity index (χ1v) is 10.2. The van der Waals surface area contributed by atoms with Crippen LogP contribution in [0, 0.1) is 11.3 Å². The number of fused-ring (bicyclic) bond motifs is 3. The zero-order valence-corrected chi connectivity index (χ0v) is 16.5. The minimum Gasteiger partial charge on any atom is -0.475 e. The van der Waals surface area contributed by atoms with Crippen molar-refractivity contribution in [3.05, 3.63) is 70.1 Å². The highest BCUT2D eigenvalue weighted by Crippen LogP contribution is 2.33. The molecule has 1 atom stereocenters. The van der Waals surface area contributed by atoms with Crippen LogP contribution in [0.2, 0.25) is 0 Å². The Labute approximate surface area is 174 Å². The van der Waals surface area contributed by atoms with Gasteiger partial charge >= 0.3 is 5.69 Å². The number of nitriles is 1. The molecule has 0 saturated carbocycles. The molecule has 1 unspecified atom stereocenters. The van der Waals surface area contributed by atoms with Crippen LogP contribution in [0.5, 0.6) is 5.88 Å².